The Morgan fingerprint density at radius 3 is 2.41 bits per heavy atom. The first-order chi connectivity index (χ1) is 16.5. The minimum atomic E-state index is -0.195. The molecule has 1 aliphatic rings. The van der Waals surface area contributed by atoms with Gasteiger partial charge in [0.2, 0.25) is 0 Å². The van der Waals surface area contributed by atoms with Crippen LogP contribution < -0.4 is 19.2 Å². The van der Waals surface area contributed by atoms with E-state index in [-0.39, 0.29) is 5.91 Å². The number of hydrogen-bond acceptors (Lipinski definition) is 5. The van der Waals surface area contributed by atoms with Crippen LogP contribution in [-0.2, 0) is 4.79 Å². The van der Waals surface area contributed by atoms with E-state index in [9.17, 15) is 4.79 Å². The fourth-order valence-corrected chi connectivity index (χ4v) is 3.62. The molecule has 0 aromatic heterocycles. The lowest BCUT2D eigenvalue weighted by Crippen LogP contribution is -2.21. The summed E-state index contributed by atoms with van der Waals surface area (Å²) in [5.74, 6) is 1.81. The molecule has 6 nitrogen and oxygen atoms in total. The van der Waals surface area contributed by atoms with Crippen LogP contribution in [0.25, 0.3) is 6.08 Å². The summed E-state index contributed by atoms with van der Waals surface area (Å²) in [6.07, 6.45) is 1.78. The SMILES string of the molecule is COc1ccc(OCCOc2ccc(Cl)c(C)c2)c(C=C2C(=O)N(c3ccccc3)N=C2C)c1. The second-order valence-electron chi connectivity index (χ2n) is 7.71. The molecule has 0 fully saturated rings. The van der Waals surface area contributed by atoms with Crippen LogP contribution in [0.5, 0.6) is 17.2 Å². The van der Waals surface area contributed by atoms with Gasteiger partial charge in [0.25, 0.3) is 5.91 Å². The number of aryl methyl sites for hydroxylation is 1. The number of benzene rings is 3. The van der Waals surface area contributed by atoms with E-state index in [1.807, 2.05) is 80.6 Å². The van der Waals surface area contributed by atoms with Crippen LogP contribution in [0.1, 0.15) is 18.1 Å². The summed E-state index contributed by atoms with van der Waals surface area (Å²) < 4.78 is 17.1. The molecular formula is C27H25ClN2O4. The summed E-state index contributed by atoms with van der Waals surface area (Å²) in [5, 5.41) is 6.55. The first kappa shape index (κ1) is 23.4. The molecular weight excluding hydrogens is 452 g/mol. The number of methoxy groups -OCH3 is 1. The fourth-order valence-electron chi connectivity index (χ4n) is 3.50. The Morgan fingerprint density at radius 1 is 0.941 bits per heavy atom. The molecule has 0 saturated carbocycles. The van der Waals surface area contributed by atoms with Gasteiger partial charge < -0.3 is 14.2 Å². The van der Waals surface area contributed by atoms with Gasteiger partial charge in [0.05, 0.1) is 24.1 Å². The van der Waals surface area contributed by atoms with E-state index < -0.39 is 0 Å². The molecule has 4 rings (SSSR count). The average molecular weight is 477 g/mol. The molecule has 3 aromatic rings. The van der Waals surface area contributed by atoms with E-state index in [0.29, 0.717) is 46.7 Å². The number of carbonyl (C=O) groups is 1. The normalized spacial score (nSPS) is 14.4. The van der Waals surface area contributed by atoms with E-state index in [0.717, 1.165) is 16.9 Å². The van der Waals surface area contributed by atoms with Crippen LogP contribution in [-0.4, -0.2) is 31.9 Å². The molecule has 0 N–H and O–H groups in total. The Balaban J connectivity index is 1.50. The molecule has 34 heavy (non-hydrogen) atoms. The highest BCUT2D eigenvalue weighted by molar-refractivity contribution is 6.32. The first-order valence-electron chi connectivity index (χ1n) is 10.8. The predicted molar refractivity (Wildman–Crippen MR) is 135 cm³/mol. The first-order valence-corrected chi connectivity index (χ1v) is 11.2. The summed E-state index contributed by atoms with van der Waals surface area (Å²) in [5.41, 5.74) is 3.51. The van der Waals surface area contributed by atoms with E-state index in [1.165, 1.54) is 5.01 Å². The number of para-hydroxylation sites is 1. The lowest BCUT2D eigenvalue weighted by molar-refractivity contribution is -0.114. The van der Waals surface area contributed by atoms with Crippen LogP contribution >= 0.6 is 11.6 Å². The molecule has 0 unspecified atom stereocenters. The minimum Gasteiger partial charge on any atom is -0.497 e. The van der Waals surface area contributed by atoms with Crippen molar-refractivity contribution in [3.63, 3.8) is 0 Å². The minimum absolute atomic E-state index is 0.195. The van der Waals surface area contributed by atoms with Crippen molar-refractivity contribution in [3.05, 3.63) is 88.5 Å². The molecule has 0 bridgehead atoms. The highest BCUT2D eigenvalue weighted by Crippen LogP contribution is 2.30. The summed E-state index contributed by atoms with van der Waals surface area (Å²) >= 11 is 6.07. The van der Waals surface area contributed by atoms with E-state index in [4.69, 9.17) is 25.8 Å². The van der Waals surface area contributed by atoms with Crippen molar-refractivity contribution in [1.82, 2.24) is 0 Å². The highest BCUT2D eigenvalue weighted by Gasteiger charge is 2.29. The van der Waals surface area contributed by atoms with Gasteiger partial charge in [0, 0.05) is 10.6 Å². The third-order valence-electron chi connectivity index (χ3n) is 5.32. The van der Waals surface area contributed by atoms with Crippen molar-refractivity contribution in [2.45, 2.75) is 13.8 Å². The zero-order chi connectivity index (χ0) is 24.1. The maximum absolute atomic E-state index is 13.1. The third kappa shape index (κ3) is 5.24. The number of rotatable bonds is 8. The van der Waals surface area contributed by atoms with Crippen molar-refractivity contribution in [2.75, 3.05) is 25.3 Å². The zero-order valence-corrected chi connectivity index (χ0v) is 20.0. The van der Waals surface area contributed by atoms with E-state index in [1.54, 1.807) is 13.2 Å². The van der Waals surface area contributed by atoms with Crippen molar-refractivity contribution in [3.8, 4) is 17.2 Å². The van der Waals surface area contributed by atoms with Crippen molar-refractivity contribution < 1.29 is 19.0 Å². The average Bonchev–Trinajstić information content (AvgIpc) is 3.13. The second kappa shape index (κ2) is 10.4. The molecule has 0 atom stereocenters. The van der Waals surface area contributed by atoms with E-state index >= 15 is 0 Å². The number of ether oxygens (including phenoxy) is 3. The quantitative estimate of drug-likeness (QED) is 0.299. The molecule has 1 amide bonds. The van der Waals surface area contributed by atoms with Gasteiger partial charge in [-0.05, 0) is 74.0 Å². The van der Waals surface area contributed by atoms with Gasteiger partial charge in [-0.1, -0.05) is 29.8 Å². The maximum Gasteiger partial charge on any atom is 0.280 e. The van der Waals surface area contributed by atoms with Crippen LogP contribution in [0, 0.1) is 6.92 Å². The lowest BCUT2D eigenvalue weighted by atomic mass is 10.1. The Morgan fingerprint density at radius 2 is 1.68 bits per heavy atom. The van der Waals surface area contributed by atoms with Gasteiger partial charge in [-0.2, -0.15) is 10.1 Å². The van der Waals surface area contributed by atoms with Crippen molar-refractivity contribution in [1.29, 1.82) is 0 Å². The van der Waals surface area contributed by atoms with Gasteiger partial charge in [0.15, 0.2) is 0 Å². The maximum atomic E-state index is 13.1. The number of hydrazone groups is 1. The van der Waals surface area contributed by atoms with Crippen molar-refractivity contribution >= 4 is 35.0 Å². The molecule has 3 aromatic carbocycles. The molecule has 174 valence electrons. The predicted octanol–water partition coefficient (Wildman–Crippen LogP) is 5.92. The number of amides is 1. The smallest absolute Gasteiger partial charge is 0.280 e. The number of halogens is 1. The third-order valence-corrected chi connectivity index (χ3v) is 5.74. The van der Waals surface area contributed by atoms with E-state index in [2.05, 4.69) is 5.10 Å². The summed E-state index contributed by atoms with van der Waals surface area (Å²) in [7, 11) is 1.60. The standard InChI is InChI=1S/C27H25ClN2O4/c1-18-15-23(9-11-25(18)28)33-13-14-34-26-12-10-22(32-3)16-20(26)17-24-19(2)29-30(27(24)31)21-7-5-4-6-8-21/h4-12,15-17H,13-14H2,1-3H3. The molecule has 1 aliphatic heterocycles. The molecule has 0 aliphatic carbocycles. The van der Waals surface area contributed by atoms with Gasteiger partial charge in [0.1, 0.15) is 30.5 Å². The van der Waals surface area contributed by atoms with Crippen molar-refractivity contribution in [2.24, 2.45) is 5.10 Å². The number of nitrogens with zero attached hydrogens (tertiary/aromatic N) is 2. The van der Waals surface area contributed by atoms with Crippen LogP contribution in [0.2, 0.25) is 5.02 Å². The topological polar surface area (TPSA) is 60.4 Å². The summed E-state index contributed by atoms with van der Waals surface area (Å²) in [4.78, 5) is 13.1. The molecule has 0 saturated heterocycles. The summed E-state index contributed by atoms with van der Waals surface area (Å²) in [6.45, 7) is 4.42. The zero-order valence-electron chi connectivity index (χ0n) is 19.2. The monoisotopic (exact) mass is 476 g/mol. The molecule has 0 radical (unpaired) electrons. The van der Waals surface area contributed by atoms with Gasteiger partial charge in [-0.25, -0.2) is 0 Å². The van der Waals surface area contributed by atoms with Crippen LogP contribution in [0.4, 0.5) is 5.69 Å². The molecule has 0 spiro atoms. The lowest BCUT2D eigenvalue weighted by Gasteiger charge is -2.13. The molecule has 7 heteroatoms. The van der Waals surface area contributed by atoms with Gasteiger partial charge in [-0.15, -0.1) is 0 Å². The van der Waals surface area contributed by atoms with Crippen LogP contribution in [0.15, 0.2) is 77.4 Å². The van der Waals surface area contributed by atoms with Crippen LogP contribution in [0.3, 0.4) is 0 Å². The Kier molecular flexibility index (Phi) is 7.18. The Hall–Kier alpha value is -3.77. The number of hydrogen-bond donors (Lipinski definition) is 0. The Labute approximate surface area is 204 Å². The second-order valence-corrected chi connectivity index (χ2v) is 8.11. The molecule has 1 heterocycles. The van der Waals surface area contributed by atoms with Gasteiger partial charge >= 0.3 is 0 Å². The number of anilines is 1. The Bertz CT molecular complexity index is 1250. The fraction of sp³-hybridized carbons (Fsp3) is 0.185. The van der Waals surface area contributed by atoms with Gasteiger partial charge in [-0.3, -0.25) is 4.79 Å². The highest BCUT2D eigenvalue weighted by atomic mass is 35.5. The number of carbonyl (C=O) groups excluding carboxylic acids is 1. The largest absolute Gasteiger partial charge is 0.497 e. The summed E-state index contributed by atoms with van der Waals surface area (Å²) in [6, 6.07) is 20.3.